The zero-order valence-electron chi connectivity index (χ0n) is 5.99. The van der Waals surface area contributed by atoms with Crippen LogP contribution in [0.25, 0.3) is 0 Å². The average Bonchev–Trinajstić information content (AvgIpc) is 1.87. The van der Waals surface area contributed by atoms with Gasteiger partial charge in [-0.05, 0) is 6.92 Å². The van der Waals surface area contributed by atoms with Crippen molar-refractivity contribution in [3.63, 3.8) is 0 Å². The van der Waals surface area contributed by atoms with Crippen molar-refractivity contribution in [2.24, 2.45) is 0 Å². The van der Waals surface area contributed by atoms with E-state index in [2.05, 4.69) is 13.2 Å². The molecule has 0 spiro atoms. The lowest BCUT2D eigenvalue weighted by Crippen LogP contribution is -2.25. The van der Waals surface area contributed by atoms with E-state index >= 15 is 0 Å². The minimum atomic E-state index is -0.699. The van der Waals surface area contributed by atoms with Crippen LogP contribution >= 0.6 is 0 Å². The van der Waals surface area contributed by atoms with Crippen molar-refractivity contribution < 1.29 is 14.6 Å². The van der Waals surface area contributed by atoms with E-state index in [4.69, 9.17) is 14.6 Å². The van der Waals surface area contributed by atoms with Gasteiger partial charge in [0.05, 0.1) is 12.5 Å². The van der Waals surface area contributed by atoms with E-state index in [0.29, 0.717) is 0 Å². The standard InChI is InChI=1S/C7H12O3/c1-4-9-7(6(3)8)10-5-2/h4-8H,1-2H2,3H3. The molecule has 0 aliphatic carbocycles. The molecule has 0 fully saturated rings. The van der Waals surface area contributed by atoms with Gasteiger partial charge in [-0.15, -0.1) is 0 Å². The predicted octanol–water partition coefficient (Wildman–Crippen LogP) is 1.01. The van der Waals surface area contributed by atoms with Gasteiger partial charge in [0, 0.05) is 0 Å². The molecule has 0 bridgehead atoms. The monoisotopic (exact) mass is 144 g/mol. The van der Waals surface area contributed by atoms with Crippen LogP contribution in [0.5, 0.6) is 0 Å². The zero-order chi connectivity index (χ0) is 7.98. The molecule has 0 aromatic carbocycles. The number of hydrogen-bond acceptors (Lipinski definition) is 3. The first-order chi connectivity index (χ1) is 4.72. The van der Waals surface area contributed by atoms with E-state index in [1.165, 1.54) is 12.5 Å². The lowest BCUT2D eigenvalue weighted by molar-refractivity contribution is -0.127. The van der Waals surface area contributed by atoms with Crippen LogP contribution in [-0.2, 0) is 9.47 Å². The fourth-order valence-corrected chi connectivity index (χ4v) is 0.449. The van der Waals surface area contributed by atoms with Crippen LogP contribution in [0.1, 0.15) is 6.92 Å². The molecule has 3 nitrogen and oxygen atoms in total. The Balaban J connectivity index is 3.70. The maximum Gasteiger partial charge on any atom is 0.264 e. The molecule has 1 N–H and O–H groups in total. The molecule has 0 rings (SSSR count). The summed E-state index contributed by atoms with van der Waals surface area (Å²) in [4.78, 5) is 0. The molecule has 1 unspecified atom stereocenters. The molecule has 0 saturated heterocycles. The van der Waals surface area contributed by atoms with Gasteiger partial charge in [-0.2, -0.15) is 0 Å². The Morgan fingerprint density at radius 3 is 1.90 bits per heavy atom. The van der Waals surface area contributed by atoms with Crippen LogP contribution in [0.15, 0.2) is 25.7 Å². The number of aliphatic hydroxyl groups is 1. The highest BCUT2D eigenvalue weighted by Gasteiger charge is 2.13. The number of rotatable bonds is 5. The van der Waals surface area contributed by atoms with E-state index in [1.54, 1.807) is 6.92 Å². The topological polar surface area (TPSA) is 38.7 Å². The van der Waals surface area contributed by atoms with Gasteiger partial charge in [-0.25, -0.2) is 0 Å². The summed E-state index contributed by atoms with van der Waals surface area (Å²) in [6.45, 7) is 8.19. The molecule has 0 aromatic heterocycles. The summed E-state index contributed by atoms with van der Waals surface area (Å²) in [6.07, 6.45) is 1.02. The van der Waals surface area contributed by atoms with Gasteiger partial charge in [0.25, 0.3) is 6.29 Å². The third kappa shape index (κ3) is 3.14. The van der Waals surface area contributed by atoms with Crippen molar-refractivity contribution in [1.29, 1.82) is 0 Å². The van der Waals surface area contributed by atoms with Gasteiger partial charge in [-0.3, -0.25) is 0 Å². The molecule has 58 valence electrons. The van der Waals surface area contributed by atoms with Crippen LogP contribution in [0.3, 0.4) is 0 Å². The minimum absolute atomic E-state index is 0.698. The molecule has 0 saturated carbocycles. The molecule has 0 aliphatic heterocycles. The average molecular weight is 144 g/mol. The molecule has 1 atom stereocenters. The van der Waals surface area contributed by atoms with Crippen molar-refractivity contribution in [1.82, 2.24) is 0 Å². The fourth-order valence-electron chi connectivity index (χ4n) is 0.449. The molecule has 10 heavy (non-hydrogen) atoms. The van der Waals surface area contributed by atoms with Crippen LogP contribution in [0.4, 0.5) is 0 Å². The van der Waals surface area contributed by atoms with Crippen LogP contribution in [0, 0.1) is 0 Å². The van der Waals surface area contributed by atoms with Gasteiger partial charge in [0.2, 0.25) is 0 Å². The lowest BCUT2D eigenvalue weighted by atomic mass is 10.4. The largest absolute Gasteiger partial charge is 0.461 e. The molecule has 0 radical (unpaired) electrons. The number of ether oxygens (including phenoxy) is 2. The molecule has 0 aliphatic rings. The van der Waals surface area contributed by atoms with Gasteiger partial charge in [0.1, 0.15) is 6.10 Å². The SMILES string of the molecule is C=COC(OC=C)C(C)O. The second kappa shape index (κ2) is 4.88. The summed E-state index contributed by atoms with van der Waals surface area (Å²) in [7, 11) is 0. The van der Waals surface area contributed by atoms with E-state index in [0.717, 1.165) is 0 Å². The molecule has 0 aromatic rings. The van der Waals surface area contributed by atoms with E-state index in [1.807, 2.05) is 0 Å². The highest BCUT2D eigenvalue weighted by Crippen LogP contribution is 2.01. The predicted molar refractivity (Wildman–Crippen MR) is 38.0 cm³/mol. The second-order valence-electron chi connectivity index (χ2n) is 1.71. The van der Waals surface area contributed by atoms with Crippen molar-refractivity contribution in [2.75, 3.05) is 0 Å². The third-order valence-corrected chi connectivity index (χ3v) is 0.855. The summed E-state index contributed by atoms with van der Waals surface area (Å²) in [5, 5.41) is 8.93. The summed E-state index contributed by atoms with van der Waals surface area (Å²) in [5.41, 5.74) is 0. The second-order valence-corrected chi connectivity index (χ2v) is 1.71. The Kier molecular flexibility index (Phi) is 4.41. The Morgan fingerprint density at radius 2 is 1.70 bits per heavy atom. The van der Waals surface area contributed by atoms with Gasteiger partial charge < -0.3 is 14.6 Å². The minimum Gasteiger partial charge on any atom is -0.461 e. The zero-order valence-corrected chi connectivity index (χ0v) is 5.99. The maximum atomic E-state index is 8.93. The summed E-state index contributed by atoms with van der Waals surface area (Å²) < 4.78 is 9.53. The van der Waals surface area contributed by atoms with Crippen molar-refractivity contribution in [3.05, 3.63) is 25.7 Å². The molecular weight excluding hydrogens is 132 g/mol. The number of aliphatic hydroxyl groups excluding tert-OH is 1. The van der Waals surface area contributed by atoms with Crippen molar-refractivity contribution in [2.45, 2.75) is 19.3 Å². The van der Waals surface area contributed by atoms with Crippen LogP contribution in [-0.4, -0.2) is 17.5 Å². The van der Waals surface area contributed by atoms with Gasteiger partial charge in [-0.1, -0.05) is 13.2 Å². The smallest absolute Gasteiger partial charge is 0.264 e. The van der Waals surface area contributed by atoms with Gasteiger partial charge in [0.15, 0.2) is 0 Å². The first-order valence-corrected chi connectivity index (χ1v) is 2.93. The highest BCUT2D eigenvalue weighted by atomic mass is 16.7. The van der Waals surface area contributed by atoms with E-state index in [-0.39, 0.29) is 0 Å². The number of hydrogen-bond donors (Lipinski definition) is 1. The van der Waals surface area contributed by atoms with E-state index in [9.17, 15) is 0 Å². The van der Waals surface area contributed by atoms with Gasteiger partial charge >= 0.3 is 0 Å². The first kappa shape index (κ1) is 9.04. The summed E-state index contributed by atoms with van der Waals surface area (Å²) in [6, 6.07) is 0. The third-order valence-electron chi connectivity index (χ3n) is 0.855. The summed E-state index contributed by atoms with van der Waals surface area (Å²) >= 11 is 0. The Morgan fingerprint density at radius 1 is 1.30 bits per heavy atom. The fraction of sp³-hybridized carbons (Fsp3) is 0.429. The first-order valence-electron chi connectivity index (χ1n) is 2.93. The molecule has 3 heteroatoms. The molecule has 0 amide bonds. The van der Waals surface area contributed by atoms with Crippen molar-refractivity contribution in [3.8, 4) is 0 Å². The summed E-state index contributed by atoms with van der Waals surface area (Å²) in [5.74, 6) is 0. The van der Waals surface area contributed by atoms with Crippen LogP contribution < -0.4 is 0 Å². The Labute approximate surface area is 60.6 Å². The molecule has 0 heterocycles. The Hall–Kier alpha value is -0.960. The maximum absolute atomic E-state index is 8.93. The van der Waals surface area contributed by atoms with E-state index < -0.39 is 12.4 Å². The van der Waals surface area contributed by atoms with Crippen LogP contribution in [0.2, 0.25) is 0 Å². The molecular formula is C7H12O3. The quantitative estimate of drug-likeness (QED) is 0.462. The Bertz CT molecular complexity index is 99.4. The normalized spacial score (nSPS) is 12.3. The van der Waals surface area contributed by atoms with Crippen molar-refractivity contribution >= 4 is 0 Å². The lowest BCUT2D eigenvalue weighted by Gasteiger charge is -2.17. The highest BCUT2D eigenvalue weighted by molar-refractivity contribution is 4.62.